The van der Waals surface area contributed by atoms with Gasteiger partial charge in [0.25, 0.3) is 6.43 Å². The molecule has 0 saturated carbocycles. The van der Waals surface area contributed by atoms with Crippen LogP contribution in [-0.4, -0.2) is 19.4 Å². The number of rotatable bonds is 3. The molecule has 104 valence electrons. The van der Waals surface area contributed by atoms with Crippen LogP contribution in [0.2, 0.25) is 0 Å². The average molecular weight is 269 g/mol. The topological polar surface area (TPSA) is 30.5 Å². The number of fused-ring (bicyclic) bond motifs is 1. The Balaban J connectivity index is 1.86. The molecule has 2 heterocycles. The lowest BCUT2D eigenvalue weighted by atomic mass is 9.96. The van der Waals surface area contributed by atoms with Gasteiger partial charge in [0.1, 0.15) is 0 Å². The Hall–Kier alpha value is -1.36. The third kappa shape index (κ3) is 2.66. The molecule has 0 aliphatic carbocycles. The molecule has 3 nitrogen and oxygen atoms in total. The first-order valence-electron chi connectivity index (χ1n) is 6.68. The zero-order chi connectivity index (χ0) is 13.2. The Bertz CT molecular complexity index is 459. The lowest BCUT2D eigenvalue weighted by Crippen LogP contribution is -2.35. The van der Waals surface area contributed by atoms with E-state index in [9.17, 15) is 8.78 Å². The van der Waals surface area contributed by atoms with Crippen molar-refractivity contribution in [3.63, 3.8) is 0 Å². The summed E-state index contributed by atoms with van der Waals surface area (Å²) in [6.45, 7) is 1.12. The van der Waals surface area contributed by atoms with Crippen molar-refractivity contribution in [2.45, 2.75) is 38.2 Å². The van der Waals surface area contributed by atoms with Gasteiger partial charge >= 0.3 is 0 Å². The van der Waals surface area contributed by atoms with E-state index in [1.54, 1.807) is 6.07 Å². The predicted molar refractivity (Wildman–Crippen MR) is 66.9 cm³/mol. The second-order valence-electron chi connectivity index (χ2n) is 5.07. The summed E-state index contributed by atoms with van der Waals surface area (Å²) in [5.41, 5.74) is 0.833. The van der Waals surface area contributed by atoms with Crippen molar-refractivity contribution in [1.29, 1.82) is 0 Å². The van der Waals surface area contributed by atoms with Crippen LogP contribution in [0.25, 0.3) is 0 Å². The normalized spacial score (nSPS) is 21.9. The molecule has 1 aromatic carbocycles. The quantitative estimate of drug-likeness (QED) is 0.915. The van der Waals surface area contributed by atoms with Crippen LogP contribution < -0.4 is 14.8 Å². The SMILES string of the molecule is FC(F)c1cc(CC2CCCCN2)c2c(c1)OCO2. The van der Waals surface area contributed by atoms with Gasteiger partial charge in [0, 0.05) is 17.2 Å². The fourth-order valence-electron chi connectivity index (χ4n) is 2.75. The fraction of sp³-hybridized carbons (Fsp3) is 0.571. The van der Waals surface area contributed by atoms with Gasteiger partial charge in [0.05, 0.1) is 0 Å². The van der Waals surface area contributed by atoms with Crippen molar-refractivity contribution in [2.75, 3.05) is 13.3 Å². The van der Waals surface area contributed by atoms with Crippen LogP contribution in [0.5, 0.6) is 11.5 Å². The summed E-state index contributed by atoms with van der Waals surface area (Å²) < 4.78 is 36.4. The molecule has 0 amide bonds. The van der Waals surface area contributed by atoms with Crippen LogP contribution in [0.4, 0.5) is 8.78 Å². The van der Waals surface area contributed by atoms with Crippen LogP contribution >= 0.6 is 0 Å². The van der Waals surface area contributed by atoms with Crippen molar-refractivity contribution in [2.24, 2.45) is 0 Å². The molecule has 0 aromatic heterocycles. The van der Waals surface area contributed by atoms with Crippen molar-refractivity contribution in [1.82, 2.24) is 5.32 Å². The van der Waals surface area contributed by atoms with E-state index in [-0.39, 0.29) is 12.4 Å². The van der Waals surface area contributed by atoms with Gasteiger partial charge in [-0.2, -0.15) is 0 Å². The van der Waals surface area contributed by atoms with E-state index in [0.29, 0.717) is 24.0 Å². The number of nitrogens with one attached hydrogen (secondary N) is 1. The molecule has 0 spiro atoms. The van der Waals surface area contributed by atoms with E-state index < -0.39 is 6.43 Å². The summed E-state index contributed by atoms with van der Waals surface area (Å²) in [4.78, 5) is 0. The third-order valence-electron chi connectivity index (χ3n) is 3.70. The molecule has 0 bridgehead atoms. The smallest absolute Gasteiger partial charge is 0.263 e. The molecular weight excluding hydrogens is 252 g/mol. The van der Waals surface area contributed by atoms with Crippen LogP contribution in [0.15, 0.2) is 12.1 Å². The number of benzene rings is 1. The molecule has 2 aliphatic heterocycles. The number of hydrogen-bond acceptors (Lipinski definition) is 3. The molecule has 1 unspecified atom stereocenters. The maximum Gasteiger partial charge on any atom is 0.263 e. The first kappa shape index (κ1) is 12.7. The minimum Gasteiger partial charge on any atom is -0.454 e. The summed E-state index contributed by atoms with van der Waals surface area (Å²) in [5, 5.41) is 3.42. The molecule has 5 heteroatoms. The first-order valence-corrected chi connectivity index (χ1v) is 6.68. The van der Waals surface area contributed by atoms with E-state index >= 15 is 0 Å². The molecule has 1 saturated heterocycles. The highest BCUT2D eigenvalue weighted by Crippen LogP contribution is 2.40. The van der Waals surface area contributed by atoms with Crippen LogP contribution in [0.3, 0.4) is 0 Å². The van der Waals surface area contributed by atoms with E-state index in [1.165, 1.54) is 18.9 Å². The number of ether oxygens (including phenoxy) is 2. The molecule has 1 atom stereocenters. The highest BCUT2D eigenvalue weighted by molar-refractivity contribution is 5.51. The predicted octanol–water partition coefficient (Wildman–Crippen LogP) is 3.04. The highest BCUT2D eigenvalue weighted by atomic mass is 19.3. The molecular formula is C14H17F2NO2. The van der Waals surface area contributed by atoms with Crippen LogP contribution in [0.1, 0.15) is 36.8 Å². The van der Waals surface area contributed by atoms with E-state index in [4.69, 9.17) is 9.47 Å². The van der Waals surface area contributed by atoms with Gasteiger partial charge in [-0.25, -0.2) is 8.78 Å². The van der Waals surface area contributed by atoms with E-state index in [1.807, 2.05) is 0 Å². The van der Waals surface area contributed by atoms with Crippen molar-refractivity contribution in [3.05, 3.63) is 23.3 Å². The Morgan fingerprint density at radius 3 is 2.89 bits per heavy atom. The monoisotopic (exact) mass is 269 g/mol. The van der Waals surface area contributed by atoms with Crippen LogP contribution in [-0.2, 0) is 6.42 Å². The average Bonchev–Trinajstić information content (AvgIpc) is 2.88. The molecule has 2 aliphatic rings. The Kier molecular flexibility index (Phi) is 3.55. The third-order valence-corrected chi connectivity index (χ3v) is 3.70. The molecule has 1 fully saturated rings. The molecule has 3 rings (SSSR count). The standard InChI is InChI=1S/C14H17F2NO2/c15-14(16)10-5-9(6-11-3-1-2-4-17-11)13-12(7-10)18-8-19-13/h5,7,11,14,17H,1-4,6,8H2. The minimum absolute atomic E-state index is 0.00931. The second-order valence-corrected chi connectivity index (χ2v) is 5.07. The molecule has 19 heavy (non-hydrogen) atoms. The Morgan fingerprint density at radius 2 is 2.16 bits per heavy atom. The number of hydrogen-bond donors (Lipinski definition) is 1. The van der Waals surface area contributed by atoms with Gasteiger partial charge < -0.3 is 14.8 Å². The molecule has 1 N–H and O–H groups in total. The van der Waals surface area contributed by atoms with Gasteiger partial charge in [-0.1, -0.05) is 6.42 Å². The van der Waals surface area contributed by atoms with Crippen LogP contribution in [0, 0.1) is 0 Å². The Morgan fingerprint density at radius 1 is 1.26 bits per heavy atom. The lowest BCUT2D eigenvalue weighted by molar-refractivity contribution is 0.150. The minimum atomic E-state index is -2.48. The second kappa shape index (κ2) is 5.33. The Labute approximate surface area is 110 Å². The van der Waals surface area contributed by atoms with Gasteiger partial charge in [0.2, 0.25) is 6.79 Å². The number of piperidine rings is 1. The molecule has 0 radical (unpaired) electrons. The van der Waals surface area contributed by atoms with Gasteiger partial charge in [0.15, 0.2) is 11.5 Å². The van der Waals surface area contributed by atoms with Gasteiger partial charge in [-0.05, 0) is 37.9 Å². The zero-order valence-corrected chi connectivity index (χ0v) is 10.6. The summed E-state index contributed by atoms with van der Waals surface area (Å²) in [7, 11) is 0. The van der Waals surface area contributed by atoms with E-state index in [2.05, 4.69) is 5.32 Å². The number of alkyl halides is 2. The summed E-state index contributed by atoms with van der Waals surface area (Å²) in [6.07, 6.45) is 1.69. The van der Waals surface area contributed by atoms with Crippen molar-refractivity contribution in [3.8, 4) is 11.5 Å². The molecule has 1 aromatic rings. The van der Waals surface area contributed by atoms with Crippen molar-refractivity contribution >= 4 is 0 Å². The van der Waals surface area contributed by atoms with Gasteiger partial charge in [-0.15, -0.1) is 0 Å². The summed E-state index contributed by atoms with van der Waals surface area (Å²) >= 11 is 0. The fourth-order valence-corrected chi connectivity index (χ4v) is 2.75. The zero-order valence-electron chi connectivity index (χ0n) is 10.6. The number of halogens is 2. The summed E-state index contributed by atoms with van der Waals surface area (Å²) in [6, 6.07) is 3.27. The maximum absolute atomic E-state index is 12.9. The van der Waals surface area contributed by atoms with Crippen molar-refractivity contribution < 1.29 is 18.3 Å². The largest absolute Gasteiger partial charge is 0.454 e. The summed E-state index contributed by atoms with van der Waals surface area (Å²) in [5.74, 6) is 1.08. The van der Waals surface area contributed by atoms with E-state index in [0.717, 1.165) is 18.5 Å². The lowest BCUT2D eigenvalue weighted by Gasteiger charge is -2.24. The maximum atomic E-state index is 12.9. The highest BCUT2D eigenvalue weighted by Gasteiger charge is 2.24. The first-order chi connectivity index (χ1) is 9.24. The van der Waals surface area contributed by atoms with Gasteiger partial charge in [-0.3, -0.25) is 0 Å².